The van der Waals surface area contributed by atoms with Crippen molar-refractivity contribution in [1.29, 1.82) is 0 Å². The summed E-state index contributed by atoms with van der Waals surface area (Å²) in [4.78, 5) is 0. The van der Waals surface area contributed by atoms with Gasteiger partial charge in [-0.3, -0.25) is 4.68 Å². The lowest BCUT2D eigenvalue weighted by Gasteiger charge is -2.02. The van der Waals surface area contributed by atoms with E-state index in [9.17, 15) is 0 Å². The molecule has 0 unspecified atom stereocenters. The Morgan fingerprint density at radius 3 is 2.83 bits per heavy atom. The molecule has 0 spiro atoms. The van der Waals surface area contributed by atoms with Crippen molar-refractivity contribution in [2.24, 2.45) is 0 Å². The van der Waals surface area contributed by atoms with E-state index in [4.69, 9.17) is 5.11 Å². The summed E-state index contributed by atoms with van der Waals surface area (Å²) >= 11 is 0. The third-order valence-electron chi connectivity index (χ3n) is 1.96. The smallest absolute Gasteiger partial charge is 0.0492 e. The Kier molecular flexibility index (Phi) is 3.80. The Morgan fingerprint density at radius 1 is 1.42 bits per heavy atom. The van der Waals surface area contributed by atoms with Crippen molar-refractivity contribution in [3.05, 3.63) is 18.0 Å². The monoisotopic (exact) mass is 168 g/mol. The van der Waals surface area contributed by atoms with E-state index >= 15 is 0 Å². The molecule has 3 nitrogen and oxygen atoms in total. The maximum Gasteiger partial charge on any atom is 0.0492 e. The van der Waals surface area contributed by atoms with Gasteiger partial charge in [0, 0.05) is 25.0 Å². The second kappa shape index (κ2) is 4.93. The second-order valence-corrected chi connectivity index (χ2v) is 2.98. The highest BCUT2D eigenvalue weighted by Crippen LogP contribution is 2.01. The topological polar surface area (TPSA) is 38.0 Å². The Hall–Kier alpha value is -0.830. The van der Waals surface area contributed by atoms with E-state index in [1.807, 2.05) is 16.9 Å². The van der Waals surface area contributed by atoms with Crippen LogP contribution in [0, 0.1) is 6.92 Å². The van der Waals surface area contributed by atoms with Gasteiger partial charge in [-0.25, -0.2) is 0 Å². The van der Waals surface area contributed by atoms with Crippen LogP contribution in [0.4, 0.5) is 0 Å². The first-order valence-corrected chi connectivity index (χ1v) is 4.44. The van der Waals surface area contributed by atoms with Gasteiger partial charge in [-0.15, -0.1) is 0 Å². The van der Waals surface area contributed by atoms with Crippen LogP contribution >= 0.6 is 0 Å². The van der Waals surface area contributed by atoms with Crippen molar-refractivity contribution < 1.29 is 5.11 Å². The SMILES string of the molecule is Cc1ccnn1CCCCCO. The molecule has 68 valence electrons. The summed E-state index contributed by atoms with van der Waals surface area (Å²) in [5.74, 6) is 0. The summed E-state index contributed by atoms with van der Waals surface area (Å²) in [7, 11) is 0. The maximum absolute atomic E-state index is 8.56. The molecule has 12 heavy (non-hydrogen) atoms. The summed E-state index contributed by atoms with van der Waals surface area (Å²) in [6.07, 6.45) is 4.90. The highest BCUT2D eigenvalue weighted by atomic mass is 16.2. The molecule has 0 bridgehead atoms. The predicted octanol–water partition coefficient (Wildman–Crippen LogP) is 1.35. The number of hydrogen-bond acceptors (Lipinski definition) is 2. The van der Waals surface area contributed by atoms with Gasteiger partial charge in [0.25, 0.3) is 0 Å². The van der Waals surface area contributed by atoms with Crippen LogP contribution in [0.25, 0.3) is 0 Å². The minimum Gasteiger partial charge on any atom is -0.396 e. The van der Waals surface area contributed by atoms with Gasteiger partial charge < -0.3 is 5.11 Å². The van der Waals surface area contributed by atoms with Crippen LogP contribution < -0.4 is 0 Å². The number of aryl methyl sites for hydroxylation is 2. The zero-order chi connectivity index (χ0) is 8.81. The summed E-state index contributed by atoms with van der Waals surface area (Å²) in [5, 5.41) is 12.7. The molecule has 0 aliphatic heterocycles. The fourth-order valence-corrected chi connectivity index (χ4v) is 1.18. The number of aliphatic hydroxyl groups excluding tert-OH is 1. The van der Waals surface area contributed by atoms with Crippen LogP contribution in [0.2, 0.25) is 0 Å². The van der Waals surface area contributed by atoms with Gasteiger partial charge in [-0.05, 0) is 32.3 Å². The summed E-state index contributed by atoms with van der Waals surface area (Å²) in [6, 6.07) is 2.01. The van der Waals surface area contributed by atoms with Crippen LogP contribution in [0.1, 0.15) is 25.0 Å². The molecule has 0 fully saturated rings. The summed E-state index contributed by atoms with van der Waals surface area (Å²) in [5.41, 5.74) is 1.21. The zero-order valence-corrected chi connectivity index (χ0v) is 7.53. The highest BCUT2D eigenvalue weighted by molar-refractivity contribution is 4.96. The number of nitrogens with zero attached hydrogens (tertiary/aromatic N) is 2. The Bertz CT molecular complexity index is 220. The van der Waals surface area contributed by atoms with Crippen molar-refractivity contribution in [1.82, 2.24) is 9.78 Å². The molecule has 1 aromatic heterocycles. The van der Waals surface area contributed by atoms with E-state index in [-0.39, 0.29) is 0 Å². The molecule has 0 aliphatic carbocycles. The van der Waals surface area contributed by atoms with Crippen LogP contribution in [0.5, 0.6) is 0 Å². The third-order valence-corrected chi connectivity index (χ3v) is 1.96. The lowest BCUT2D eigenvalue weighted by molar-refractivity contribution is 0.281. The largest absolute Gasteiger partial charge is 0.396 e. The highest BCUT2D eigenvalue weighted by Gasteiger charge is 1.95. The quantitative estimate of drug-likeness (QED) is 0.674. The summed E-state index contributed by atoms with van der Waals surface area (Å²) in [6.45, 7) is 3.33. The Morgan fingerprint density at radius 2 is 2.25 bits per heavy atom. The average molecular weight is 168 g/mol. The molecule has 0 aromatic carbocycles. The number of aliphatic hydroxyl groups is 1. The molecule has 1 rings (SSSR count). The first kappa shape index (κ1) is 9.26. The zero-order valence-electron chi connectivity index (χ0n) is 7.53. The van der Waals surface area contributed by atoms with Gasteiger partial charge in [-0.1, -0.05) is 0 Å². The molecule has 0 saturated carbocycles. The Balaban J connectivity index is 2.20. The van der Waals surface area contributed by atoms with E-state index in [1.165, 1.54) is 5.69 Å². The van der Waals surface area contributed by atoms with E-state index in [0.29, 0.717) is 6.61 Å². The van der Waals surface area contributed by atoms with Crippen LogP contribution in [-0.4, -0.2) is 21.5 Å². The number of hydrogen-bond donors (Lipinski definition) is 1. The molecule has 1 heterocycles. The van der Waals surface area contributed by atoms with Crippen LogP contribution in [0.15, 0.2) is 12.3 Å². The van der Waals surface area contributed by atoms with Crippen molar-refractivity contribution in [3.63, 3.8) is 0 Å². The van der Waals surface area contributed by atoms with Gasteiger partial charge >= 0.3 is 0 Å². The lowest BCUT2D eigenvalue weighted by atomic mass is 10.2. The molecular weight excluding hydrogens is 152 g/mol. The molecular formula is C9H16N2O. The molecule has 1 aromatic rings. The molecule has 3 heteroatoms. The minimum atomic E-state index is 0.304. The molecule has 0 atom stereocenters. The second-order valence-electron chi connectivity index (χ2n) is 2.98. The first-order valence-electron chi connectivity index (χ1n) is 4.44. The molecule has 0 radical (unpaired) electrons. The third kappa shape index (κ3) is 2.66. The van der Waals surface area contributed by atoms with Gasteiger partial charge in [0.15, 0.2) is 0 Å². The summed E-state index contributed by atoms with van der Waals surface area (Å²) < 4.78 is 2.00. The van der Waals surface area contributed by atoms with Crippen molar-refractivity contribution >= 4 is 0 Å². The normalized spacial score (nSPS) is 10.5. The van der Waals surface area contributed by atoms with E-state index in [0.717, 1.165) is 25.8 Å². The molecule has 0 amide bonds. The fraction of sp³-hybridized carbons (Fsp3) is 0.667. The molecule has 0 aliphatic rings. The van der Waals surface area contributed by atoms with E-state index < -0.39 is 0 Å². The van der Waals surface area contributed by atoms with Crippen molar-refractivity contribution in [3.8, 4) is 0 Å². The first-order chi connectivity index (χ1) is 5.84. The van der Waals surface area contributed by atoms with Crippen LogP contribution in [-0.2, 0) is 6.54 Å². The maximum atomic E-state index is 8.56. The van der Waals surface area contributed by atoms with Crippen LogP contribution in [0.3, 0.4) is 0 Å². The lowest BCUT2D eigenvalue weighted by Crippen LogP contribution is -2.02. The van der Waals surface area contributed by atoms with Crippen molar-refractivity contribution in [2.45, 2.75) is 32.7 Å². The number of unbranched alkanes of at least 4 members (excludes halogenated alkanes) is 2. The minimum absolute atomic E-state index is 0.304. The Labute approximate surface area is 73.0 Å². The van der Waals surface area contributed by atoms with E-state index in [2.05, 4.69) is 12.0 Å². The number of aromatic nitrogens is 2. The fourth-order valence-electron chi connectivity index (χ4n) is 1.18. The molecule has 1 N–H and O–H groups in total. The van der Waals surface area contributed by atoms with Gasteiger partial charge in [0.1, 0.15) is 0 Å². The van der Waals surface area contributed by atoms with E-state index in [1.54, 1.807) is 0 Å². The van der Waals surface area contributed by atoms with Gasteiger partial charge in [0.05, 0.1) is 0 Å². The van der Waals surface area contributed by atoms with Crippen molar-refractivity contribution in [2.75, 3.05) is 6.61 Å². The number of rotatable bonds is 5. The standard InChI is InChI=1S/C9H16N2O/c1-9-5-6-10-11(9)7-3-2-4-8-12/h5-6,12H,2-4,7-8H2,1H3. The van der Waals surface area contributed by atoms with Gasteiger partial charge in [0.2, 0.25) is 0 Å². The predicted molar refractivity (Wildman–Crippen MR) is 47.9 cm³/mol. The average Bonchev–Trinajstić information content (AvgIpc) is 2.46. The molecule has 0 saturated heterocycles. The van der Waals surface area contributed by atoms with Gasteiger partial charge in [-0.2, -0.15) is 5.10 Å².